The Morgan fingerprint density at radius 1 is 1.35 bits per heavy atom. The summed E-state index contributed by atoms with van der Waals surface area (Å²) >= 11 is 0. The number of rotatable bonds is 10. The van der Waals surface area contributed by atoms with Gasteiger partial charge in [0.15, 0.2) is 0 Å². The molecule has 0 aromatic heterocycles. The first-order valence-corrected chi connectivity index (χ1v) is 7.70. The van der Waals surface area contributed by atoms with Crippen LogP contribution in [0.1, 0.15) is 27.2 Å². The minimum Gasteiger partial charge on any atom is -0.380 e. The van der Waals surface area contributed by atoms with Crippen molar-refractivity contribution in [3.8, 4) is 0 Å². The third-order valence-electron chi connectivity index (χ3n) is 2.56. The highest BCUT2D eigenvalue weighted by molar-refractivity contribution is 7.89. The Morgan fingerprint density at radius 2 is 2.00 bits per heavy atom. The van der Waals surface area contributed by atoms with Crippen LogP contribution in [-0.4, -0.2) is 57.9 Å². The molecule has 1 atom stereocenters. The fourth-order valence-electron chi connectivity index (χ4n) is 1.36. The lowest BCUT2D eigenvalue weighted by atomic mass is 10.4. The number of nitrogens with one attached hydrogen (secondary N) is 1. The van der Waals surface area contributed by atoms with Crippen LogP contribution in [0.5, 0.6) is 0 Å². The van der Waals surface area contributed by atoms with Crippen molar-refractivity contribution in [1.82, 2.24) is 9.62 Å². The molecule has 0 aromatic carbocycles. The Hall–Kier alpha value is -0.170. The van der Waals surface area contributed by atoms with E-state index in [9.17, 15) is 8.42 Å². The third kappa shape index (κ3) is 6.35. The zero-order valence-electron chi connectivity index (χ0n) is 11.4. The molecule has 0 radical (unpaired) electrons. The average Bonchev–Trinajstić information content (AvgIpc) is 2.29. The van der Waals surface area contributed by atoms with Crippen LogP contribution < -0.4 is 5.32 Å². The van der Waals surface area contributed by atoms with E-state index in [0.717, 1.165) is 13.0 Å². The van der Waals surface area contributed by atoms with E-state index in [4.69, 9.17) is 4.74 Å². The van der Waals surface area contributed by atoms with Crippen molar-refractivity contribution in [2.75, 3.05) is 39.9 Å². The van der Waals surface area contributed by atoms with Gasteiger partial charge in [0.25, 0.3) is 0 Å². The molecule has 17 heavy (non-hydrogen) atoms. The highest BCUT2D eigenvalue weighted by Crippen LogP contribution is 2.05. The zero-order chi connectivity index (χ0) is 13.3. The van der Waals surface area contributed by atoms with Gasteiger partial charge < -0.3 is 10.1 Å². The molecule has 0 bridgehead atoms. The van der Waals surface area contributed by atoms with E-state index in [1.165, 1.54) is 4.31 Å². The maximum atomic E-state index is 12.0. The monoisotopic (exact) mass is 266 g/mol. The predicted molar refractivity (Wildman–Crippen MR) is 70.7 cm³/mol. The van der Waals surface area contributed by atoms with Gasteiger partial charge >= 0.3 is 0 Å². The molecule has 0 spiro atoms. The maximum absolute atomic E-state index is 12.0. The standard InChI is InChI=1S/C11H26N2O3S/c1-5-7-12-10-11(3)17(14,15)13(4)8-9-16-6-2/h11-12H,5-10H2,1-4H3. The Balaban J connectivity index is 4.14. The molecular weight excluding hydrogens is 240 g/mol. The second-order valence-corrected chi connectivity index (χ2v) is 6.54. The lowest BCUT2D eigenvalue weighted by Crippen LogP contribution is -2.41. The van der Waals surface area contributed by atoms with E-state index in [2.05, 4.69) is 12.2 Å². The van der Waals surface area contributed by atoms with Crippen molar-refractivity contribution in [1.29, 1.82) is 0 Å². The lowest BCUT2D eigenvalue weighted by molar-refractivity contribution is 0.138. The fraction of sp³-hybridized carbons (Fsp3) is 1.00. The molecule has 0 saturated heterocycles. The predicted octanol–water partition coefficient (Wildman–Crippen LogP) is 0.673. The topological polar surface area (TPSA) is 58.6 Å². The normalized spacial score (nSPS) is 14.2. The van der Waals surface area contributed by atoms with Crippen molar-refractivity contribution in [2.45, 2.75) is 32.4 Å². The van der Waals surface area contributed by atoms with Crippen molar-refractivity contribution in [2.24, 2.45) is 0 Å². The Labute approximate surface area is 106 Å². The molecule has 0 aliphatic carbocycles. The molecule has 0 aliphatic heterocycles. The van der Waals surface area contributed by atoms with Gasteiger partial charge in [0.05, 0.1) is 11.9 Å². The van der Waals surface area contributed by atoms with Gasteiger partial charge in [0, 0.05) is 26.7 Å². The number of likely N-dealkylation sites (N-methyl/N-ethyl adjacent to an activating group) is 1. The van der Waals surface area contributed by atoms with E-state index in [1.54, 1.807) is 14.0 Å². The molecular formula is C11H26N2O3S. The summed E-state index contributed by atoms with van der Waals surface area (Å²) in [5.74, 6) is 0. The minimum atomic E-state index is -3.21. The van der Waals surface area contributed by atoms with Crippen LogP contribution in [0, 0.1) is 0 Å². The van der Waals surface area contributed by atoms with Gasteiger partial charge in [-0.1, -0.05) is 6.92 Å². The van der Waals surface area contributed by atoms with Crippen LogP contribution in [0.3, 0.4) is 0 Å². The molecule has 0 rings (SSSR count). The minimum absolute atomic E-state index is 0.402. The summed E-state index contributed by atoms with van der Waals surface area (Å²) in [6.07, 6.45) is 1.01. The first-order valence-electron chi connectivity index (χ1n) is 6.20. The maximum Gasteiger partial charge on any atom is 0.217 e. The smallest absolute Gasteiger partial charge is 0.217 e. The van der Waals surface area contributed by atoms with Crippen LogP contribution in [0.4, 0.5) is 0 Å². The average molecular weight is 266 g/mol. The molecule has 6 heteroatoms. The van der Waals surface area contributed by atoms with Gasteiger partial charge in [-0.15, -0.1) is 0 Å². The highest BCUT2D eigenvalue weighted by Gasteiger charge is 2.24. The van der Waals surface area contributed by atoms with Crippen molar-refractivity contribution in [3.63, 3.8) is 0 Å². The second kappa shape index (κ2) is 8.85. The summed E-state index contributed by atoms with van der Waals surface area (Å²) in [5, 5.41) is 2.72. The molecule has 0 saturated carbocycles. The molecule has 5 nitrogen and oxygen atoms in total. The van der Waals surface area contributed by atoms with E-state index in [1.807, 2.05) is 6.92 Å². The molecule has 0 aromatic rings. The van der Waals surface area contributed by atoms with Crippen molar-refractivity contribution < 1.29 is 13.2 Å². The molecule has 0 heterocycles. The van der Waals surface area contributed by atoms with Gasteiger partial charge in [-0.2, -0.15) is 0 Å². The van der Waals surface area contributed by atoms with E-state index < -0.39 is 15.3 Å². The lowest BCUT2D eigenvalue weighted by Gasteiger charge is -2.22. The summed E-state index contributed by atoms with van der Waals surface area (Å²) < 4.78 is 30.6. The number of nitrogens with zero attached hydrogens (tertiary/aromatic N) is 1. The first kappa shape index (κ1) is 16.8. The summed E-state index contributed by atoms with van der Waals surface area (Å²) in [6.45, 7) is 8.50. The van der Waals surface area contributed by atoms with Crippen LogP contribution in [0.2, 0.25) is 0 Å². The SMILES string of the molecule is CCCNCC(C)S(=O)(=O)N(C)CCOCC. The first-order chi connectivity index (χ1) is 7.96. The highest BCUT2D eigenvalue weighted by atomic mass is 32.2. The van der Waals surface area contributed by atoms with Crippen LogP contribution in [0.25, 0.3) is 0 Å². The van der Waals surface area contributed by atoms with Crippen molar-refractivity contribution >= 4 is 10.0 Å². The molecule has 0 fully saturated rings. The van der Waals surface area contributed by atoms with Gasteiger partial charge in [0.1, 0.15) is 0 Å². The number of hydrogen-bond donors (Lipinski definition) is 1. The summed E-state index contributed by atoms with van der Waals surface area (Å²) in [7, 11) is -1.61. The van der Waals surface area contributed by atoms with E-state index >= 15 is 0 Å². The Kier molecular flexibility index (Phi) is 8.77. The quantitative estimate of drug-likeness (QED) is 0.591. The second-order valence-electron chi connectivity index (χ2n) is 4.08. The van der Waals surface area contributed by atoms with Gasteiger partial charge in [-0.3, -0.25) is 0 Å². The van der Waals surface area contributed by atoms with E-state index in [-0.39, 0.29) is 0 Å². The molecule has 0 aliphatic rings. The third-order valence-corrected chi connectivity index (χ3v) is 4.79. The number of sulfonamides is 1. The Morgan fingerprint density at radius 3 is 2.53 bits per heavy atom. The fourth-order valence-corrected chi connectivity index (χ4v) is 2.63. The molecule has 104 valence electrons. The van der Waals surface area contributed by atoms with E-state index in [0.29, 0.717) is 26.3 Å². The van der Waals surface area contributed by atoms with Crippen LogP contribution in [-0.2, 0) is 14.8 Å². The largest absolute Gasteiger partial charge is 0.380 e. The molecule has 1 unspecified atom stereocenters. The van der Waals surface area contributed by atoms with Gasteiger partial charge in [0.2, 0.25) is 10.0 Å². The summed E-state index contributed by atoms with van der Waals surface area (Å²) in [6, 6.07) is 0. The van der Waals surface area contributed by atoms with Crippen LogP contribution in [0.15, 0.2) is 0 Å². The summed E-state index contributed by atoms with van der Waals surface area (Å²) in [4.78, 5) is 0. The molecule has 0 amide bonds. The Bertz CT molecular complexity index is 258. The van der Waals surface area contributed by atoms with Crippen LogP contribution >= 0.6 is 0 Å². The summed E-state index contributed by atoms with van der Waals surface area (Å²) in [5.41, 5.74) is 0. The van der Waals surface area contributed by atoms with Gasteiger partial charge in [-0.25, -0.2) is 12.7 Å². The molecule has 1 N–H and O–H groups in total. The van der Waals surface area contributed by atoms with Gasteiger partial charge in [-0.05, 0) is 26.8 Å². The zero-order valence-corrected chi connectivity index (χ0v) is 12.2. The number of ether oxygens (including phenoxy) is 1. The van der Waals surface area contributed by atoms with Crippen molar-refractivity contribution in [3.05, 3.63) is 0 Å². The number of hydrogen-bond acceptors (Lipinski definition) is 4.